The highest BCUT2D eigenvalue weighted by molar-refractivity contribution is 7.15. The first-order valence-electron chi connectivity index (χ1n) is 8.83. The van der Waals surface area contributed by atoms with E-state index in [1.165, 1.54) is 22.8 Å². The van der Waals surface area contributed by atoms with Crippen LogP contribution in [0.15, 0.2) is 79.0 Å². The first-order valence-corrected chi connectivity index (χ1v) is 10.0. The number of hydrogen-bond donors (Lipinski definition) is 1. The molecule has 0 aliphatic heterocycles. The number of nitrogens with zero attached hydrogens (tertiary/aromatic N) is 1. The second kappa shape index (κ2) is 8.38. The largest absolute Gasteiger partial charge is 0.298 e. The molecule has 3 nitrogen and oxygen atoms in total. The number of anilines is 1. The average molecular weight is 405 g/mol. The zero-order valence-electron chi connectivity index (χ0n) is 14.9. The highest BCUT2D eigenvalue weighted by atomic mass is 35.5. The van der Waals surface area contributed by atoms with E-state index in [0.29, 0.717) is 5.13 Å². The Bertz CT molecular complexity index is 1170. The van der Waals surface area contributed by atoms with Gasteiger partial charge in [-0.1, -0.05) is 60.1 Å². The molecule has 1 N–H and O–H groups in total. The number of nitrogens with one attached hydrogen (secondary N) is 1. The summed E-state index contributed by atoms with van der Waals surface area (Å²) in [7, 11) is 0. The molecule has 1 aromatic heterocycles. The molecule has 28 heavy (non-hydrogen) atoms. The Kier molecular flexibility index (Phi) is 5.51. The second-order valence-corrected chi connectivity index (χ2v) is 7.92. The second-order valence-electron chi connectivity index (χ2n) is 6.37. The van der Waals surface area contributed by atoms with Crippen molar-refractivity contribution in [1.29, 1.82) is 0 Å². The van der Waals surface area contributed by atoms with Crippen LogP contribution in [-0.2, 0) is 11.2 Å². The van der Waals surface area contributed by atoms with Gasteiger partial charge in [0, 0.05) is 28.6 Å². The fourth-order valence-corrected chi connectivity index (χ4v) is 3.99. The molecule has 138 valence electrons. The molecule has 0 atom stereocenters. The molecule has 0 unspecified atom stereocenters. The van der Waals surface area contributed by atoms with Gasteiger partial charge in [0.25, 0.3) is 0 Å². The summed E-state index contributed by atoms with van der Waals surface area (Å²) in [5, 5.41) is 6.46. The Labute approximate surface area is 172 Å². The van der Waals surface area contributed by atoms with Crippen molar-refractivity contribution in [2.24, 2.45) is 0 Å². The number of carbonyl (C=O) groups is 1. The Morgan fingerprint density at radius 2 is 1.89 bits per heavy atom. The molecule has 1 heterocycles. The lowest BCUT2D eigenvalue weighted by molar-refractivity contribution is -0.111. The summed E-state index contributed by atoms with van der Waals surface area (Å²) in [5.74, 6) is -0.197. The lowest BCUT2D eigenvalue weighted by Crippen LogP contribution is -2.07. The Morgan fingerprint density at radius 3 is 2.75 bits per heavy atom. The Hall–Kier alpha value is -2.95. The number of benzene rings is 3. The number of thiazole rings is 1. The molecule has 3 aromatic carbocycles. The molecule has 0 saturated heterocycles. The van der Waals surface area contributed by atoms with Crippen molar-refractivity contribution >= 4 is 50.8 Å². The van der Waals surface area contributed by atoms with E-state index in [4.69, 9.17) is 11.6 Å². The van der Waals surface area contributed by atoms with Crippen LogP contribution in [0.5, 0.6) is 0 Å². The maximum Gasteiger partial charge on any atom is 0.250 e. The number of rotatable bonds is 5. The molecular weight excluding hydrogens is 388 g/mol. The monoisotopic (exact) mass is 404 g/mol. The molecule has 1 amide bonds. The highest BCUT2D eigenvalue weighted by Gasteiger charge is 2.06. The zero-order chi connectivity index (χ0) is 19.3. The number of hydrogen-bond acceptors (Lipinski definition) is 3. The fraction of sp³-hybridized carbons (Fsp3) is 0.0435. The van der Waals surface area contributed by atoms with Crippen LogP contribution in [0.2, 0.25) is 5.02 Å². The third-order valence-corrected chi connectivity index (χ3v) is 5.40. The topological polar surface area (TPSA) is 42.0 Å². The van der Waals surface area contributed by atoms with Crippen molar-refractivity contribution in [3.8, 4) is 0 Å². The van der Waals surface area contributed by atoms with E-state index >= 15 is 0 Å². The van der Waals surface area contributed by atoms with E-state index in [2.05, 4.69) is 34.6 Å². The molecule has 5 heteroatoms. The molecule has 0 spiro atoms. The zero-order valence-corrected chi connectivity index (χ0v) is 16.5. The lowest BCUT2D eigenvalue weighted by atomic mass is 10.1. The van der Waals surface area contributed by atoms with Crippen LogP contribution < -0.4 is 5.32 Å². The molecule has 4 rings (SSSR count). The minimum Gasteiger partial charge on any atom is -0.298 e. The lowest BCUT2D eigenvalue weighted by Gasteiger charge is -2.00. The molecule has 0 radical (unpaired) electrons. The summed E-state index contributed by atoms with van der Waals surface area (Å²) in [6.07, 6.45) is 5.86. The van der Waals surface area contributed by atoms with Crippen molar-refractivity contribution in [2.75, 3.05) is 5.32 Å². The van der Waals surface area contributed by atoms with Gasteiger partial charge in [-0.05, 0) is 46.2 Å². The average Bonchev–Trinajstić information content (AvgIpc) is 3.13. The van der Waals surface area contributed by atoms with Gasteiger partial charge in [-0.25, -0.2) is 4.98 Å². The summed E-state index contributed by atoms with van der Waals surface area (Å²) >= 11 is 7.49. The van der Waals surface area contributed by atoms with Crippen LogP contribution in [0, 0.1) is 0 Å². The minimum absolute atomic E-state index is 0.197. The highest BCUT2D eigenvalue weighted by Crippen LogP contribution is 2.22. The summed E-state index contributed by atoms with van der Waals surface area (Å²) in [4.78, 5) is 17.6. The molecule has 0 saturated carbocycles. The van der Waals surface area contributed by atoms with Crippen LogP contribution in [-0.4, -0.2) is 10.9 Å². The van der Waals surface area contributed by atoms with Crippen molar-refractivity contribution in [1.82, 2.24) is 4.98 Å². The van der Waals surface area contributed by atoms with E-state index in [9.17, 15) is 4.79 Å². The standard InChI is InChI=1S/C23H17ClN2OS/c24-20-7-3-4-17(13-20)14-21-15-25-23(28-21)26-22(27)11-9-16-8-10-18-5-1-2-6-19(18)12-16/h1-13,15H,14H2,(H,25,26,27). The van der Waals surface area contributed by atoms with E-state index < -0.39 is 0 Å². The summed E-state index contributed by atoms with van der Waals surface area (Å²) in [5.41, 5.74) is 2.10. The van der Waals surface area contributed by atoms with E-state index in [1.54, 1.807) is 6.20 Å². The molecule has 0 bridgehead atoms. The summed E-state index contributed by atoms with van der Waals surface area (Å²) in [6.45, 7) is 0. The third kappa shape index (κ3) is 4.66. The van der Waals surface area contributed by atoms with Crippen molar-refractivity contribution in [2.45, 2.75) is 6.42 Å². The number of halogens is 1. The normalized spacial score (nSPS) is 11.2. The molecule has 0 fully saturated rings. The first-order chi connectivity index (χ1) is 13.7. The van der Waals surface area contributed by atoms with Crippen LogP contribution in [0.4, 0.5) is 5.13 Å². The van der Waals surface area contributed by atoms with Crippen LogP contribution in [0.3, 0.4) is 0 Å². The van der Waals surface area contributed by atoms with Crippen LogP contribution >= 0.6 is 22.9 Å². The Morgan fingerprint density at radius 1 is 1.04 bits per heavy atom. The SMILES string of the molecule is O=C(C=Cc1ccc2ccccc2c1)Nc1ncc(Cc2cccc(Cl)c2)s1. The summed E-state index contributed by atoms with van der Waals surface area (Å²) in [6, 6.07) is 22.0. The first kappa shape index (κ1) is 18.4. The molecule has 0 aliphatic carbocycles. The van der Waals surface area contributed by atoms with E-state index in [-0.39, 0.29) is 5.91 Å². The number of aromatic nitrogens is 1. The number of carbonyl (C=O) groups excluding carboxylic acids is 1. The number of amides is 1. The maximum atomic E-state index is 12.2. The van der Waals surface area contributed by atoms with E-state index in [0.717, 1.165) is 32.8 Å². The van der Waals surface area contributed by atoms with Gasteiger partial charge in [-0.2, -0.15) is 0 Å². The quantitative estimate of drug-likeness (QED) is 0.403. The Balaban J connectivity index is 1.39. The van der Waals surface area contributed by atoms with Gasteiger partial charge < -0.3 is 0 Å². The van der Waals surface area contributed by atoms with Gasteiger partial charge in [0.15, 0.2) is 5.13 Å². The summed E-state index contributed by atoms with van der Waals surface area (Å²) < 4.78 is 0. The fourth-order valence-electron chi connectivity index (χ4n) is 2.93. The van der Waals surface area contributed by atoms with Gasteiger partial charge in [0.05, 0.1) is 0 Å². The minimum atomic E-state index is -0.197. The molecule has 4 aromatic rings. The third-order valence-electron chi connectivity index (χ3n) is 4.25. The predicted octanol–water partition coefficient (Wildman–Crippen LogP) is 6.19. The maximum absolute atomic E-state index is 12.2. The predicted molar refractivity (Wildman–Crippen MR) is 118 cm³/mol. The molecular formula is C23H17ClN2OS. The van der Waals surface area contributed by atoms with Gasteiger partial charge in [0.1, 0.15) is 0 Å². The van der Waals surface area contributed by atoms with Crippen molar-refractivity contribution < 1.29 is 4.79 Å². The van der Waals surface area contributed by atoms with E-state index in [1.807, 2.05) is 48.5 Å². The van der Waals surface area contributed by atoms with Gasteiger partial charge in [-0.3, -0.25) is 10.1 Å². The van der Waals surface area contributed by atoms with Gasteiger partial charge >= 0.3 is 0 Å². The molecule has 0 aliphatic rings. The smallest absolute Gasteiger partial charge is 0.250 e. The number of fused-ring (bicyclic) bond motifs is 1. The van der Waals surface area contributed by atoms with Crippen LogP contribution in [0.1, 0.15) is 16.0 Å². The van der Waals surface area contributed by atoms with Crippen LogP contribution in [0.25, 0.3) is 16.8 Å². The van der Waals surface area contributed by atoms with Crippen molar-refractivity contribution in [3.05, 3.63) is 100 Å². The van der Waals surface area contributed by atoms with Gasteiger partial charge in [-0.15, -0.1) is 11.3 Å². The van der Waals surface area contributed by atoms with Crippen molar-refractivity contribution in [3.63, 3.8) is 0 Å². The van der Waals surface area contributed by atoms with Gasteiger partial charge in [0.2, 0.25) is 5.91 Å².